The average molecular weight is 761 g/mol. The minimum absolute atomic E-state index is 0.780. The Bertz CT molecular complexity index is 2730. The van der Waals surface area contributed by atoms with Crippen LogP contribution in [-0.2, 0) is 0 Å². The van der Waals surface area contributed by atoms with Crippen LogP contribution in [0.25, 0.3) is 33.4 Å². The summed E-state index contributed by atoms with van der Waals surface area (Å²) in [6, 6.07) is 81.3. The highest BCUT2D eigenvalue weighted by molar-refractivity contribution is 5.81. The molecule has 0 amide bonds. The van der Waals surface area contributed by atoms with Crippen molar-refractivity contribution < 1.29 is 4.74 Å². The molecule has 0 saturated heterocycles. The molecule has 0 bridgehead atoms. The molecule has 284 valence electrons. The van der Waals surface area contributed by atoms with Crippen molar-refractivity contribution in [3.05, 3.63) is 242 Å². The predicted molar refractivity (Wildman–Crippen MR) is 248 cm³/mol. The second-order valence-corrected chi connectivity index (χ2v) is 14.8. The Kier molecular flexibility index (Phi) is 10.6. The van der Waals surface area contributed by atoms with Gasteiger partial charge in [-0.2, -0.15) is 0 Å². The number of aryl methyl sites for hydroxylation is 2. The zero-order valence-electron chi connectivity index (χ0n) is 33.2. The molecule has 3 nitrogen and oxygen atoms in total. The van der Waals surface area contributed by atoms with Crippen molar-refractivity contribution in [3.8, 4) is 44.9 Å². The molecule has 0 saturated carbocycles. The van der Waals surface area contributed by atoms with Crippen LogP contribution >= 0.6 is 0 Å². The maximum atomic E-state index is 6.36. The van der Waals surface area contributed by atoms with E-state index in [0.29, 0.717) is 0 Å². The van der Waals surface area contributed by atoms with E-state index in [4.69, 9.17) is 4.74 Å². The lowest BCUT2D eigenvalue weighted by atomic mass is 10.0. The van der Waals surface area contributed by atoms with Crippen molar-refractivity contribution >= 4 is 34.1 Å². The molecule has 59 heavy (non-hydrogen) atoms. The predicted octanol–water partition coefficient (Wildman–Crippen LogP) is 16.0. The smallest absolute Gasteiger partial charge is 0.127 e. The van der Waals surface area contributed by atoms with E-state index < -0.39 is 0 Å². The van der Waals surface area contributed by atoms with Crippen LogP contribution in [-0.4, -0.2) is 0 Å². The molecule has 0 aliphatic heterocycles. The summed E-state index contributed by atoms with van der Waals surface area (Å²) in [7, 11) is 0. The zero-order chi connectivity index (χ0) is 40.0. The van der Waals surface area contributed by atoms with Gasteiger partial charge in [0, 0.05) is 34.1 Å². The molecule has 0 heterocycles. The summed E-state index contributed by atoms with van der Waals surface area (Å²) in [4.78, 5) is 4.58. The van der Waals surface area contributed by atoms with Crippen LogP contribution in [0.15, 0.2) is 231 Å². The summed E-state index contributed by atoms with van der Waals surface area (Å²) in [5.74, 6) is 1.57. The van der Waals surface area contributed by atoms with Crippen LogP contribution < -0.4 is 14.5 Å². The lowest BCUT2D eigenvalue weighted by Gasteiger charge is -2.26. The molecule has 9 aromatic carbocycles. The Morgan fingerprint density at radius 1 is 0.237 bits per heavy atom. The fourth-order valence-electron chi connectivity index (χ4n) is 7.47. The van der Waals surface area contributed by atoms with E-state index in [9.17, 15) is 0 Å². The quantitative estimate of drug-likeness (QED) is 0.131. The lowest BCUT2D eigenvalue weighted by Crippen LogP contribution is -2.09. The normalized spacial score (nSPS) is 10.9. The molecule has 0 fully saturated rings. The van der Waals surface area contributed by atoms with E-state index in [0.717, 1.165) is 56.8 Å². The second kappa shape index (κ2) is 16.9. The summed E-state index contributed by atoms with van der Waals surface area (Å²) in [5, 5.41) is 0. The van der Waals surface area contributed by atoms with E-state index in [1.165, 1.54) is 33.4 Å². The maximum Gasteiger partial charge on any atom is 0.127 e. The summed E-state index contributed by atoms with van der Waals surface area (Å²) < 4.78 is 6.36. The molecule has 0 unspecified atom stereocenters. The highest BCUT2D eigenvalue weighted by atomic mass is 16.5. The molecule has 0 spiro atoms. The number of nitrogens with zero attached hydrogens (tertiary/aromatic N) is 2. The SMILES string of the molecule is Cc1ccc(N(c2ccc(Oc3ccc(-c4ccc(N(c5ccc(C)cc5)c5ccc(-c6ccccc6)cc5)cc4)cc3)cc2)c2ccc(-c3ccccc3)cc2)cc1. The first-order valence-corrected chi connectivity index (χ1v) is 20.1. The molecular formula is C56H44N2O. The van der Waals surface area contributed by atoms with E-state index in [2.05, 4.69) is 224 Å². The minimum Gasteiger partial charge on any atom is -0.457 e. The van der Waals surface area contributed by atoms with Crippen LogP contribution in [0.4, 0.5) is 34.1 Å². The van der Waals surface area contributed by atoms with Gasteiger partial charge in [-0.1, -0.05) is 145 Å². The fourth-order valence-corrected chi connectivity index (χ4v) is 7.47. The number of rotatable bonds is 11. The van der Waals surface area contributed by atoms with Gasteiger partial charge in [-0.3, -0.25) is 0 Å². The Labute approximate surface area is 347 Å². The van der Waals surface area contributed by atoms with Crippen LogP contribution in [0.2, 0.25) is 0 Å². The number of hydrogen-bond donors (Lipinski definition) is 0. The molecule has 9 aromatic rings. The van der Waals surface area contributed by atoms with Crippen molar-refractivity contribution in [2.75, 3.05) is 9.80 Å². The Morgan fingerprint density at radius 2 is 0.458 bits per heavy atom. The summed E-state index contributed by atoms with van der Waals surface area (Å²) in [6.45, 7) is 4.24. The zero-order valence-corrected chi connectivity index (χ0v) is 33.2. The molecule has 0 radical (unpaired) electrons. The van der Waals surface area contributed by atoms with E-state index >= 15 is 0 Å². The Hall–Kier alpha value is -7.62. The molecule has 3 heteroatoms. The molecule has 0 aromatic heterocycles. The van der Waals surface area contributed by atoms with Gasteiger partial charge in [0.1, 0.15) is 11.5 Å². The van der Waals surface area contributed by atoms with E-state index in [1.54, 1.807) is 0 Å². The van der Waals surface area contributed by atoms with Gasteiger partial charge in [0.05, 0.1) is 0 Å². The maximum absolute atomic E-state index is 6.36. The minimum atomic E-state index is 0.780. The monoisotopic (exact) mass is 760 g/mol. The van der Waals surface area contributed by atoms with Crippen molar-refractivity contribution in [2.45, 2.75) is 13.8 Å². The molecule has 0 atom stereocenters. The first-order valence-electron chi connectivity index (χ1n) is 20.1. The number of benzene rings is 9. The van der Waals surface area contributed by atoms with Gasteiger partial charge in [0.25, 0.3) is 0 Å². The van der Waals surface area contributed by atoms with Gasteiger partial charge in [-0.05, 0) is 144 Å². The summed E-state index contributed by atoms with van der Waals surface area (Å²) >= 11 is 0. The number of anilines is 6. The van der Waals surface area contributed by atoms with Gasteiger partial charge in [0.15, 0.2) is 0 Å². The van der Waals surface area contributed by atoms with E-state index in [-0.39, 0.29) is 0 Å². The third kappa shape index (κ3) is 8.41. The van der Waals surface area contributed by atoms with Crippen molar-refractivity contribution in [1.29, 1.82) is 0 Å². The van der Waals surface area contributed by atoms with Crippen LogP contribution in [0, 0.1) is 13.8 Å². The van der Waals surface area contributed by atoms with Crippen molar-refractivity contribution in [1.82, 2.24) is 0 Å². The second-order valence-electron chi connectivity index (χ2n) is 14.8. The number of ether oxygens (including phenoxy) is 1. The fraction of sp³-hybridized carbons (Fsp3) is 0.0357. The van der Waals surface area contributed by atoms with Crippen molar-refractivity contribution in [3.63, 3.8) is 0 Å². The molecule has 0 aliphatic rings. The molecule has 0 aliphatic carbocycles. The topological polar surface area (TPSA) is 15.7 Å². The highest BCUT2D eigenvalue weighted by Crippen LogP contribution is 2.39. The van der Waals surface area contributed by atoms with Gasteiger partial charge in [-0.25, -0.2) is 0 Å². The van der Waals surface area contributed by atoms with Gasteiger partial charge in [-0.15, -0.1) is 0 Å². The summed E-state index contributed by atoms with van der Waals surface area (Å²) in [5.41, 5.74) is 16.1. The highest BCUT2D eigenvalue weighted by Gasteiger charge is 2.15. The standard InChI is InChI=1S/C56H44N2O/c1-41-13-25-49(26-14-41)57(51-29-17-45(18-30-51)43-9-5-3-6-10-43)52-33-21-47(22-34-52)48-23-37-55(38-24-48)59-56-39-35-54(36-40-56)58(50-27-15-42(2)16-28-50)53-31-19-46(20-32-53)44-11-7-4-8-12-44/h3-40H,1-2H3. The van der Waals surface area contributed by atoms with Gasteiger partial charge < -0.3 is 14.5 Å². The van der Waals surface area contributed by atoms with Crippen LogP contribution in [0.1, 0.15) is 11.1 Å². The first-order chi connectivity index (χ1) is 29.0. The summed E-state index contributed by atoms with van der Waals surface area (Å²) in [6.07, 6.45) is 0. The number of hydrogen-bond acceptors (Lipinski definition) is 3. The lowest BCUT2D eigenvalue weighted by molar-refractivity contribution is 0.483. The van der Waals surface area contributed by atoms with Crippen LogP contribution in [0.5, 0.6) is 11.5 Å². The van der Waals surface area contributed by atoms with Crippen LogP contribution in [0.3, 0.4) is 0 Å². The largest absolute Gasteiger partial charge is 0.457 e. The third-order valence-electron chi connectivity index (χ3n) is 10.7. The molecule has 0 N–H and O–H groups in total. The van der Waals surface area contributed by atoms with Gasteiger partial charge in [0.2, 0.25) is 0 Å². The Balaban J connectivity index is 0.916. The average Bonchev–Trinajstić information content (AvgIpc) is 3.30. The van der Waals surface area contributed by atoms with E-state index in [1.807, 2.05) is 30.3 Å². The van der Waals surface area contributed by atoms with Crippen molar-refractivity contribution in [2.24, 2.45) is 0 Å². The molecular weight excluding hydrogens is 717 g/mol. The van der Waals surface area contributed by atoms with Gasteiger partial charge >= 0.3 is 0 Å². The third-order valence-corrected chi connectivity index (χ3v) is 10.7. The molecule has 9 rings (SSSR count). The Morgan fingerprint density at radius 3 is 0.763 bits per heavy atom. The first kappa shape index (κ1) is 37.0.